The zero-order valence-corrected chi connectivity index (χ0v) is 6.88. The lowest BCUT2D eigenvalue weighted by Crippen LogP contribution is -2.09. The molecule has 1 atom stereocenters. The summed E-state index contributed by atoms with van der Waals surface area (Å²) in [6, 6.07) is 0. The third-order valence-electron chi connectivity index (χ3n) is 1.72. The first-order valence-corrected chi connectivity index (χ1v) is 4.11. The van der Waals surface area contributed by atoms with Crippen LogP contribution in [0.15, 0.2) is 12.2 Å². The van der Waals surface area contributed by atoms with Crippen molar-refractivity contribution in [2.75, 3.05) is 6.61 Å². The highest BCUT2D eigenvalue weighted by Crippen LogP contribution is 2.07. The molecule has 0 aromatic heterocycles. The zero-order valence-electron chi connectivity index (χ0n) is 6.88. The molecule has 62 valence electrons. The van der Waals surface area contributed by atoms with Crippen LogP contribution >= 0.6 is 0 Å². The van der Waals surface area contributed by atoms with Crippen molar-refractivity contribution in [2.45, 2.75) is 26.2 Å². The van der Waals surface area contributed by atoms with E-state index in [0.29, 0.717) is 18.9 Å². The Labute approximate surface area is 67.2 Å². The monoisotopic (exact) mass is 154 g/mol. The van der Waals surface area contributed by atoms with E-state index in [1.54, 1.807) is 0 Å². The second kappa shape index (κ2) is 4.16. The van der Waals surface area contributed by atoms with Crippen LogP contribution in [0.5, 0.6) is 0 Å². The fourth-order valence-corrected chi connectivity index (χ4v) is 1.04. The molecular formula is C9H14O2. The first kappa shape index (κ1) is 8.31. The second-order valence-corrected chi connectivity index (χ2v) is 2.98. The minimum Gasteiger partial charge on any atom is -0.465 e. The van der Waals surface area contributed by atoms with E-state index in [1.165, 1.54) is 0 Å². The minimum atomic E-state index is -0.0550. The van der Waals surface area contributed by atoms with Crippen molar-refractivity contribution in [1.29, 1.82) is 0 Å². The molecule has 2 nitrogen and oxygen atoms in total. The van der Waals surface area contributed by atoms with Gasteiger partial charge in [0, 0.05) is 12.3 Å². The summed E-state index contributed by atoms with van der Waals surface area (Å²) in [6.07, 6.45) is 6.73. The van der Waals surface area contributed by atoms with Crippen LogP contribution in [0.4, 0.5) is 0 Å². The molecule has 0 bridgehead atoms. The number of rotatable bonds is 0. The number of allylic oxidation sites excluding steroid dienone is 1. The molecule has 1 aliphatic heterocycles. The molecule has 1 aliphatic rings. The van der Waals surface area contributed by atoms with Crippen LogP contribution in [-0.2, 0) is 9.53 Å². The molecule has 0 aromatic carbocycles. The van der Waals surface area contributed by atoms with E-state index in [0.717, 1.165) is 12.8 Å². The molecule has 1 heterocycles. The topological polar surface area (TPSA) is 26.3 Å². The van der Waals surface area contributed by atoms with Gasteiger partial charge in [0.15, 0.2) is 0 Å². The summed E-state index contributed by atoms with van der Waals surface area (Å²) < 4.78 is 4.98. The molecule has 2 heteroatoms. The molecule has 0 fully saturated rings. The predicted molar refractivity (Wildman–Crippen MR) is 43.1 cm³/mol. The lowest BCUT2D eigenvalue weighted by molar-refractivity contribution is -0.144. The molecule has 0 saturated heterocycles. The summed E-state index contributed by atoms with van der Waals surface area (Å²) in [5.74, 6) is 0.317. The van der Waals surface area contributed by atoms with Crippen molar-refractivity contribution < 1.29 is 9.53 Å². The fraction of sp³-hybridized carbons (Fsp3) is 0.667. The van der Waals surface area contributed by atoms with Crippen LogP contribution < -0.4 is 0 Å². The quantitative estimate of drug-likeness (QED) is 0.393. The first-order valence-electron chi connectivity index (χ1n) is 4.11. The normalized spacial score (nSPS) is 29.5. The van der Waals surface area contributed by atoms with E-state index in [2.05, 4.69) is 19.1 Å². The van der Waals surface area contributed by atoms with Crippen LogP contribution in [-0.4, -0.2) is 12.6 Å². The van der Waals surface area contributed by atoms with Gasteiger partial charge >= 0.3 is 5.97 Å². The molecule has 0 amide bonds. The third kappa shape index (κ3) is 3.21. The zero-order chi connectivity index (χ0) is 8.10. The van der Waals surface area contributed by atoms with Crippen molar-refractivity contribution in [1.82, 2.24) is 0 Å². The van der Waals surface area contributed by atoms with E-state index >= 15 is 0 Å². The van der Waals surface area contributed by atoms with Crippen LogP contribution in [0.2, 0.25) is 0 Å². The highest BCUT2D eigenvalue weighted by atomic mass is 16.5. The van der Waals surface area contributed by atoms with Crippen LogP contribution in [0.1, 0.15) is 26.2 Å². The van der Waals surface area contributed by atoms with Gasteiger partial charge in [0.25, 0.3) is 0 Å². The molecule has 0 aliphatic carbocycles. The average Bonchev–Trinajstić information content (AvgIpc) is 2.06. The molecule has 0 radical (unpaired) electrons. The Kier molecular flexibility index (Phi) is 3.14. The Morgan fingerprint density at radius 2 is 2.45 bits per heavy atom. The summed E-state index contributed by atoms with van der Waals surface area (Å²) >= 11 is 0. The van der Waals surface area contributed by atoms with E-state index in [4.69, 9.17) is 4.74 Å². The molecule has 0 spiro atoms. The summed E-state index contributed by atoms with van der Waals surface area (Å²) in [6.45, 7) is 2.59. The maximum absolute atomic E-state index is 10.9. The van der Waals surface area contributed by atoms with Gasteiger partial charge in [-0.25, -0.2) is 0 Å². The smallest absolute Gasteiger partial charge is 0.305 e. The molecule has 0 N–H and O–H groups in total. The van der Waals surface area contributed by atoms with Crippen molar-refractivity contribution in [3.63, 3.8) is 0 Å². The van der Waals surface area contributed by atoms with Crippen molar-refractivity contribution >= 4 is 5.97 Å². The van der Waals surface area contributed by atoms with Gasteiger partial charge in [-0.05, 0) is 12.8 Å². The van der Waals surface area contributed by atoms with Gasteiger partial charge < -0.3 is 4.74 Å². The number of ether oxygens (including phenoxy) is 1. The standard InChI is InChI=1S/C9H14O2/c1-8-5-3-2-4-6-9(10)11-7-8/h3,5,8H,2,4,6-7H2,1H3/b5-3-/t8-/m1/s1. The van der Waals surface area contributed by atoms with Crippen LogP contribution in [0.3, 0.4) is 0 Å². The first-order chi connectivity index (χ1) is 5.29. The number of carbonyl (C=O) groups excluding carboxylic acids is 1. The third-order valence-corrected chi connectivity index (χ3v) is 1.72. The SMILES string of the molecule is C[C@@H]1/C=C\CCCC(=O)OC1. The Morgan fingerprint density at radius 1 is 1.64 bits per heavy atom. The number of hydrogen-bond acceptors (Lipinski definition) is 2. The molecule has 1 rings (SSSR count). The van der Waals surface area contributed by atoms with Gasteiger partial charge in [-0.15, -0.1) is 0 Å². The molecule has 11 heavy (non-hydrogen) atoms. The van der Waals surface area contributed by atoms with Crippen molar-refractivity contribution in [3.8, 4) is 0 Å². The van der Waals surface area contributed by atoms with Gasteiger partial charge in [-0.2, -0.15) is 0 Å². The van der Waals surface area contributed by atoms with Crippen LogP contribution in [0, 0.1) is 5.92 Å². The van der Waals surface area contributed by atoms with E-state index in [1.807, 2.05) is 0 Å². The van der Waals surface area contributed by atoms with Gasteiger partial charge in [-0.1, -0.05) is 19.1 Å². The van der Waals surface area contributed by atoms with Gasteiger partial charge in [0.05, 0.1) is 6.61 Å². The molecule has 0 saturated carbocycles. The van der Waals surface area contributed by atoms with Gasteiger partial charge in [-0.3, -0.25) is 4.79 Å². The lowest BCUT2D eigenvalue weighted by Gasteiger charge is -2.05. The second-order valence-electron chi connectivity index (χ2n) is 2.98. The maximum Gasteiger partial charge on any atom is 0.305 e. The Balaban J connectivity index is 2.42. The number of esters is 1. The fourth-order valence-electron chi connectivity index (χ4n) is 1.04. The number of cyclic esters (lactones) is 1. The van der Waals surface area contributed by atoms with E-state index in [-0.39, 0.29) is 5.97 Å². The van der Waals surface area contributed by atoms with E-state index in [9.17, 15) is 4.79 Å². The molecular weight excluding hydrogens is 140 g/mol. The largest absolute Gasteiger partial charge is 0.465 e. The summed E-state index contributed by atoms with van der Waals surface area (Å²) in [4.78, 5) is 10.9. The van der Waals surface area contributed by atoms with Crippen LogP contribution in [0.25, 0.3) is 0 Å². The Hall–Kier alpha value is -0.790. The summed E-state index contributed by atoms with van der Waals surface area (Å²) in [7, 11) is 0. The number of hydrogen-bond donors (Lipinski definition) is 0. The molecule has 0 aromatic rings. The highest BCUT2D eigenvalue weighted by Gasteiger charge is 2.06. The Morgan fingerprint density at radius 3 is 3.27 bits per heavy atom. The summed E-state index contributed by atoms with van der Waals surface area (Å²) in [5, 5.41) is 0. The lowest BCUT2D eigenvalue weighted by atomic mass is 10.1. The summed E-state index contributed by atoms with van der Waals surface area (Å²) in [5.41, 5.74) is 0. The average molecular weight is 154 g/mol. The van der Waals surface area contributed by atoms with Crippen molar-refractivity contribution in [2.24, 2.45) is 5.92 Å². The van der Waals surface area contributed by atoms with Crippen molar-refractivity contribution in [3.05, 3.63) is 12.2 Å². The molecule has 0 unspecified atom stereocenters. The number of carbonyl (C=O) groups is 1. The minimum absolute atomic E-state index is 0.0550. The Bertz CT molecular complexity index is 161. The van der Waals surface area contributed by atoms with Gasteiger partial charge in [0.2, 0.25) is 0 Å². The van der Waals surface area contributed by atoms with Gasteiger partial charge in [0.1, 0.15) is 0 Å². The maximum atomic E-state index is 10.9. The van der Waals surface area contributed by atoms with E-state index < -0.39 is 0 Å². The highest BCUT2D eigenvalue weighted by molar-refractivity contribution is 5.69. The predicted octanol–water partition coefficient (Wildman–Crippen LogP) is 1.91.